The molecule has 0 amide bonds. The van der Waals surface area contributed by atoms with E-state index in [1.165, 1.54) is 6.07 Å². The lowest BCUT2D eigenvalue weighted by Gasteiger charge is -2.28. The lowest BCUT2D eigenvalue weighted by Crippen LogP contribution is -2.38. The van der Waals surface area contributed by atoms with Gasteiger partial charge in [0, 0.05) is 19.1 Å². The van der Waals surface area contributed by atoms with Gasteiger partial charge in [-0.05, 0) is 26.6 Å². The van der Waals surface area contributed by atoms with Gasteiger partial charge < -0.3 is 14.9 Å². The molecule has 21 heavy (non-hydrogen) atoms. The maximum atomic E-state index is 13.5. The summed E-state index contributed by atoms with van der Waals surface area (Å²) in [6, 6.07) is 2.00. The summed E-state index contributed by atoms with van der Waals surface area (Å²) < 4.78 is 13.5. The number of rotatable bonds is 4. The lowest BCUT2D eigenvalue weighted by molar-refractivity contribution is -0.384. The summed E-state index contributed by atoms with van der Waals surface area (Å²) >= 11 is 5.76. The zero-order chi connectivity index (χ0) is 15.7. The van der Waals surface area contributed by atoms with Crippen LogP contribution < -0.4 is 4.90 Å². The molecule has 1 saturated heterocycles. The zero-order valence-electron chi connectivity index (χ0n) is 11.8. The first kappa shape index (κ1) is 15.9. The molecule has 1 aliphatic heterocycles. The van der Waals surface area contributed by atoms with Crippen molar-refractivity contribution in [3.05, 3.63) is 33.1 Å². The van der Waals surface area contributed by atoms with Crippen molar-refractivity contribution in [3.8, 4) is 0 Å². The number of hydrogen-bond acceptors (Lipinski definition) is 5. The predicted molar refractivity (Wildman–Crippen MR) is 78.4 cm³/mol. The van der Waals surface area contributed by atoms with Crippen molar-refractivity contribution < 1.29 is 14.4 Å². The molecule has 0 aromatic heterocycles. The highest BCUT2D eigenvalue weighted by Crippen LogP contribution is 2.37. The molecule has 1 heterocycles. The summed E-state index contributed by atoms with van der Waals surface area (Å²) in [5.74, 6) is -0.823. The van der Waals surface area contributed by atoms with E-state index in [4.69, 9.17) is 11.6 Å². The Hall–Kier alpha value is -1.44. The fourth-order valence-corrected chi connectivity index (χ4v) is 2.84. The summed E-state index contributed by atoms with van der Waals surface area (Å²) in [5.41, 5.74) is -0.0930. The predicted octanol–water partition coefficient (Wildman–Crippen LogP) is 1.89. The van der Waals surface area contributed by atoms with Crippen LogP contribution in [-0.2, 0) is 0 Å². The van der Waals surface area contributed by atoms with Crippen LogP contribution in [0.2, 0.25) is 5.02 Å². The van der Waals surface area contributed by atoms with Gasteiger partial charge in [-0.15, -0.1) is 0 Å². The Kier molecular flexibility index (Phi) is 4.65. The van der Waals surface area contributed by atoms with Crippen LogP contribution in [0.5, 0.6) is 0 Å². The minimum absolute atomic E-state index is 0.0878. The van der Waals surface area contributed by atoms with Crippen LogP contribution in [0, 0.1) is 15.9 Å². The van der Waals surface area contributed by atoms with Gasteiger partial charge in [-0.1, -0.05) is 11.6 Å². The third-order valence-corrected chi connectivity index (χ3v) is 3.78. The van der Waals surface area contributed by atoms with Crippen LogP contribution in [0.1, 0.15) is 6.42 Å². The van der Waals surface area contributed by atoms with Crippen molar-refractivity contribution in [2.45, 2.75) is 18.6 Å². The third kappa shape index (κ3) is 3.42. The van der Waals surface area contributed by atoms with E-state index in [9.17, 15) is 19.6 Å². The molecule has 116 valence electrons. The van der Waals surface area contributed by atoms with Gasteiger partial charge in [-0.25, -0.2) is 4.39 Å². The van der Waals surface area contributed by atoms with Gasteiger partial charge in [-0.2, -0.15) is 0 Å². The Morgan fingerprint density at radius 3 is 2.81 bits per heavy atom. The molecule has 6 nitrogen and oxygen atoms in total. The van der Waals surface area contributed by atoms with E-state index in [1.54, 1.807) is 4.90 Å². The van der Waals surface area contributed by atoms with Crippen molar-refractivity contribution >= 4 is 23.0 Å². The molecule has 0 saturated carbocycles. The SMILES string of the molecule is CN(C)CC1CC(O)CN1c1cc(Cl)c(F)cc1[N+](=O)[O-]. The molecule has 2 unspecified atom stereocenters. The van der Waals surface area contributed by atoms with Crippen LogP contribution in [0.3, 0.4) is 0 Å². The van der Waals surface area contributed by atoms with Gasteiger partial charge in [0.15, 0.2) is 0 Å². The summed E-state index contributed by atoms with van der Waals surface area (Å²) in [4.78, 5) is 14.2. The van der Waals surface area contributed by atoms with Gasteiger partial charge in [0.25, 0.3) is 5.69 Å². The monoisotopic (exact) mass is 317 g/mol. The van der Waals surface area contributed by atoms with Gasteiger partial charge >= 0.3 is 0 Å². The number of halogens is 2. The minimum Gasteiger partial charge on any atom is -0.391 e. The van der Waals surface area contributed by atoms with E-state index in [-0.39, 0.29) is 29.0 Å². The molecular formula is C13H17ClFN3O3. The number of aliphatic hydroxyl groups is 1. The second-order valence-corrected chi connectivity index (χ2v) is 5.88. The first-order valence-electron chi connectivity index (χ1n) is 6.52. The Morgan fingerprint density at radius 2 is 2.24 bits per heavy atom. The molecule has 0 aliphatic carbocycles. The molecule has 2 rings (SSSR count). The number of nitrogens with zero attached hydrogens (tertiary/aromatic N) is 3. The first-order valence-corrected chi connectivity index (χ1v) is 6.90. The van der Waals surface area contributed by atoms with Crippen LogP contribution in [0.4, 0.5) is 15.8 Å². The van der Waals surface area contributed by atoms with Crippen LogP contribution in [0.25, 0.3) is 0 Å². The van der Waals surface area contributed by atoms with Gasteiger partial charge in [-0.3, -0.25) is 10.1 Å². The van der Waals surface area contributed by atoms with E-state index >= 15 is 0 Å². The van der Waals surface area contributed by atoms with E-state index in [2.05, 4.69) is 0 Å². The fourth-order valence-electron chi connectivity index (χ4n) is 2.68. The summed E-state index contributed by atoms with van der Waals surface area (Å²) in [6.07, 6.45) is -0.0666. The number of nitro groups is 1. The van der Waals surface area contributed by atoms with Crippen molar-refractivity contribution in [2.75, 3.05) is 32.1 Å². The van der Waals surface area contributed by atoms with Gasteiger partial charge in [0.05, 0.1) is 22.1 Å². The second-order valence-electron chi connectivity index (χ2n) is 5.47. The highest BCUT2D eigenvalue weighted by atomic mass is 35.5. The summed E-state index contributed by atoms with van der Waals surface area (Å²) in [5, 5.41) is 20.8. The van der Waals surface area contributed by atoms with Gasteiger partial charge in [0.1, 0.15) is 11.5 Å². The topological polar surface area (TPSA) is 69.8 Å². The van der Waals surface area contributed by atoms with Crippen LogP contribution >= 0.6 is 11.6 Å². The average molecular weight is 318 g/mol. The maximum Gasteiger partial charge on any atom is 0.295 e. The molecule has 0 radical (unpaired) electrons. The molecule has 1 N–H and O–H groups in total. The molecule has 0 bridgehead atoms. The van der Waals surface area contributed by atoms with Crippen molar-refractivity contribution in [1.82, 2.24) is 4.90 Å². The highest BCUT2D eigenvalue weighted by molar-refractivity contribution is 6.31. The largest absolute Gasteiger partial charge is 0.391 e. The second kappa shape index (κ2) is 6.13. The smallest absolute Gasteiger partial charge is 0.295 e. The number of benzene rings is 1. The number of hydrogen-bond donors (Lipinski definition) is 1. The number of likely N-dealkylation sites (N-methyl/N-ethyl adjacent to an activating group) is 1. The normalized spacial score (nSPS) is 22.1. The third-order valence-electron chi connectivity index (χ3n) is 3.49. The molecule has 1 aliphatic rings. The number of β-amino-alcohol motifs (C(OH)–C–C–N with tert-alkyl or cyclic N) is 1. The van der Waals surface area contributed by atoms with E-state index in [0.717, 1.165) is 6.07 Å². The molecule has 0 spiro atoms. The van der Waals surface area contributed by atoms with Gasteiger partial charge in [0.2, 0.25) is 0 Å². The number of aliphatic hydroxyl groups excluding tert-OH is 1. The van der Waals surface area contributed by atoms with Crippen LogP contribution in [0.15, 0.2) is 12.1 Å². The maximum absolute atomic E-state index is 13.5. The minimum atomic E-state index is -0.823. The molecule has 2 atom stereocenters. The van der Waals surface area contributed by atoms with Crippen molar-refractivity contribution in [2.24, 2.45) is 0 Å². The Balaban J connectivity index is 2.43. The first-order chi connectivity index (χ1) is 9.79. The van der Waals surface area contributed by atoms with E-state index < -0.39 is 16.8 Å². The molecular weight excluding hydrogens is 301 g/mol. The molecule has 1 fully saturated rings. The quantitative estimate of drug-likeness (QED) is 0.678. The van der Waals surface area contributed by atoms with Crippen LogP contribution in [-0.4, -0.2) is 54.3 Å². The molecule has 8 heteroatoms. The Bertz CT molecular complexity index is 556. The molecule has 1 aromatic carbocycles. The lowest BCUT2D eigenvalue weighted by atomic mass is 10.1. The average Bonchev–Trinajstić information content (AvgIpc) is 2.71. The summed E-state index contributed by atoms with van der Waals surface area (Å²) in [7, 11) is 3.77. The molecule has 1 aromatic rings. The number of anilines is 1. The van der Waals surface area contributed by atoms with E-state index in [0.29, 0.717) is 13.0 Å². The van der Waals surface area contributed by atoms with Crippen molar-refractivity contribution in [3.63, 3.8) is 0 Å². The highest BCUT2D eigenvalue weighted by Gasteiger charge is 2.35. The zero-order valence-corrected chi connectivity index (χ0v) is 12.5. The Labute approximate surface area is 126 Å². The number of nitro benzene ring substituents is 1. The van der Waals surface area contributed by atoms with E-state index in [1.807, 2.05) is 19.0 Å². The standard InChI is InChI=1S/C13H17ClFN3O3/c1-16(2)6-8-3-9(19)7-17(8)12-4-10(14)11(15)5-13(12)18(20)21/h4-5,8-9,19H,3,6-7H2,1-2H3. The summed E-state index contributed by atoms with van der Waals surface area (Å²) in [6.45, 7) is 0.893. The van der Waals surface area contributed by atoms with Crippen molar-refractivity contribution in [1.29, 1.82) is 0 Å². The Morgan fingerprint density at radius 1 is 1.57 bits per heavy atom. The fraction of sp³-hybridized carbons (Fsp3) is 0.538.